The number of hydrogen-bond acceptors (Lipinski definition) is 6. The molecule has 5 rings (SSSR count). The summed E-state index contributed by atoms with van der Waals surface area (Å²) in [4.78, 5) is 24.4. The molecule has 0 atom stereocenters. The summed E-state index contributed by atoms with van der Waals surface area (Å²) in [6.07, 6.45) is 13.6. The number of fused-ring (bicyclic) bond motifs is 2. The molecule has 204 valence electrons. The van der Waals surface area contributed by atoms with Crippen molar-refractivity contribution in [3.63, 3.8) is 0 Å². The molecule has 0 spiro atoms. The third kappa shape index (κ3) is 8.26. The number of hydrogen-bond donors (Lipinski definition) is 1. The minimum absolute atomic E-state index is 0.109. The highest BCUT2D eigenvalue weighted by atomic mass is 16.7. The molecule has 1 amide bonds. The van der Waals surface area contributed by atoms with Crippen LogP contribution in [0.3, 0.4) is 0 Å². The van der Waals surface area contributed by atoms with Crippen molar-refractivity contribution >= 4 is 24.0 Å². The van der Waals surface area contributed by atoms with Crippen molar-refractivity contribution < 1.29 is 33.6 Å². The summed E-state index contributed by atoms with van der Waals surface area (Å²) < 4.78 is 21.1. The molecule has 0 unspecified atom stereocenters. The van der Waals surface area contributed by atoms with Gasteiger partial charge in [0.1, 0.15) is 0 Å². The standard InChI is InChI=1S/C18H21NO3.C13H12O4/c1-14(5-8-18(20)19-9-3-2-4-10-19)11-15-6-7-16-17(12-15)22-13-21-16;1-9(2-5-13(14)15)6-10-3-4-11-12(7-10)17-8-16-11/h5-8,11-12H,2-4,9-10,13H2,1H3;2-7H,8H2,1H3,(H,14,15)/b8-5+,14-11+;5-2+,9-6+. The van der Waals surface area contributed by atoms with Gasteiger partial charge in [-0.2, -0.15) is 0 Å². The second-order valence-corrected chi connectivity index (χ2v) is 9.39. The fourth-order valence-corrected chi connectivity index (χ4v) is 4.25. The van der Waals surface area contributed by atoms with Gasteiger partial charge in [0, 0.05) is 25.2 Å². The highest BCUT2D eigenvalue weighted by Crippen LogP contribution is 2.34. The second-order valence-electron chi connectivity index (χ2n) is 9.39. The van der Waals surface area contributed by atoms with E-state index in [4.69, 9.17) is 24.1 Å². The molecule has 0 radical (unpaired) electrons. The number of piperidine rings is 1. The van der Waals surface area contributed by atoms with Gasteiger partial charge < -0.3 is 29.0 Å². The molecule has 0 bridgehead atoms. The minimum Gasteiger partial charge on any atom is -0.478 e. The first-order chi connectivity index (χ1) is 18.9. The van der Waals surface area contributed by atoms with E-state index in [1.54, 1.807) is 12.2 Å². The number of carboxylic acids is 1. The minimum atomic E-state index is -0.955. The third-order valence-corrected chi connectivity index (χ3v) is 6.23. The smallest absolute Gasteiger partial charge is 0.328 e. The Morgan fingerprint density at radius 2 is 1.18 bits per heavy atom. The zero-order valence-electron chi connectivity index (χ0n) is 22.2. The van der Waals surface area contributed by atoms with Crippen LogP contribution >= 0.6 is 0 Å². The molecular weight excluding hydrogens is 498 g/mol. The molecule has 2 aromatic rings. The Hall–Kier alpha value is -4.46. The first-order valence-electron chi connectivity index (χ1n) is 12.9. The quantitative estimate of drug-likeness (QED) is 0.369. The summed E-state index contributed by atoms with van der Waals surface area (Å²) in [5, 5.41) is 8.50. The predicted octanol–water partition coefficient (Wildman–Crippen LogP) is 5.85. The summed E-state index contributed by atoms with van der Waals surface area (Å²) >= 11 is 0. The molecule has 8 heteroatoms. The van der Waals surface area contributed by atoms with Crippen LogP contribution in [0.25, 0.3) is 12.2 Å². The van der Waals surface area contributed by atoms with Crippen LogP contribution in [0.5, 0.6) is 23.0 Å². The highest BCUT2D eigenvalue weighted by molar-refractivity contribution is 5.88. The Morgan fingerprint density at radius 1 is 0.692 bits per heavy atom. The number of likely N-dealkylation sites (tertiary alicyclic amines) is 1. The fraction of sp³-hybridized carbons (Fsp3) is 0.290. The van der Waals surface area contributed by atoms with Crippen molar-refractivity contribution in [3.05, 3.63) is 83.0 Å². The molecular formula is C31H33NO7. The summed E-state index contributed by atoms with van der Waals surface area (Å²) in [6, 6.07) is 11.4. The van der Waals surface area contributed by atoms with Gasteiger partial charge >= 0.3 is 5.97 Å². The number of carbonyl (C=O) groups is 2. The third-order valence-electron chi connectivity index (χ3n) is 6.23. The lowest BCUT2D eigenvalue weighted by atomic mass is 10.1. The van der Waals surface area contributed by atoms with Crippen LogP contribution in [0, 0.1) is 0 Å². The lowest BCUT2D eigenvalue weighted by Gasteiger charge is -2.25. The fourth-order valence-electron chi connectivity index (χ4n) is 4.25. The Morgan fingerprint density at radius 3 is 1.69 bits per heavy atom. The lowest BCUT2D eigenvalue weighted by Crippen LogP contribution is -2.34. The van der Waals surface area contributed by atoms with Crippen LogP contribution in [0.15, 0.2) is 71.8 Å². The highest BCUT2D eigenvalue weighted by Gasteiger charge is 2.15. The van der Waals surface area contributed by atoms with Crippen molar-refractivity contribution in [1.82, 2.24) is 4.90 Å². The van der Waals surface area contributed by atoms with Crippen LogP contribution in [0.2, 0.25) is 0 Å². The van der Waals surface area contributed by atoms with Crippen molar-refractivity contribution in [3.8, 4) is 23.0 Å². The van der Waals surface area contributed by atoms with Gasteiger partial charge in [0.2, 0.25) is 19.5 Å². The SMILES string of the molecule is CC(/C=C/C(=O)N1CCCCC1)=C\c1ccc2c(c1)OCO2.CC(/C=C/C(=O)O)=C\c1ccc2c(c1)OCO2. The molecule has 1 N–H and O–H groups in total. The second kappa shape index (κ2) is 13.4. The first-order valence-corrected chi connectivity index (χ1v) is 12.9. The number of carboxylic acid groups (broad SMARTS) is 1. The summed E-state index contributed by atoms with van der Waals surface area (Å²) in [5.74, 6) is 2.16. The van der Waals surface area contributed by atoms with E-state index < -0.39 is 5.97 Å². The Kier molecular flexibility index (Phi) is 9.45. The first kappa shape index (κ1) is 27.6. The van der Waals surface area contributed by atoms with Crippen molar-refractivity contribution in [1.29, 1.82) is 0 Å². The monoisotopic (exact) mass is 531 g/mol. The predicted molar refractivity (Wildman–Crippen MR) is 149 cm³/mol. The molecule has 1 fully saturated rings. The number of amides is 1. The van der Waals surface area contributed by atoms with Crippen molar-refractivity contribution in [2.45, 2.75) is 33.1 Å². The topological polar surface area (TPSA) is 94.5 Å². The Balaban J connectivity index is 0.000000187. The molecule has 0 aliphatic carbocycles. The van der Waals surface area contributed by atoms with Crippen molar-refractivity contribution in [2.75, 3.05) is 26.7 Å². The van der Waals surface area contributed by atoms with E-state index in [2.05, 4.69) is 0 Å². The lowest BCUT2D eigenvalue weighted by molar-refractivity contribution is -0.131. The van der Waals surface area contributed by atoms with Gasteiger partial charge in [-0.25, -0.2) is 4.79 Å². The average Bonchev–Trinajstić information content (AvgIpc) is 3.60. The van der Waals surface area contributed by atoms with Crippen LogP contribution < -0.4 is 18.9 Å². The zero-order chi connectivity index (χ0) is 27.6. The van der Waals surface area contributed by atoms with Gasteiger partial charge in [0.05, 0.1) is 0 Å². The molecule has 8 nitrogen and oxygen atoms in total. The number of carbonyl (C=O) groups excluding carboxylic acids is 1. The van der Waals surface area contributed by atoms with Gasteiger partial charge in [0.15, 0.2) is 23.0 Å². The van der Waals surface area contributed by atoms with Crippen LogP contribution in [-0.4, -0.2) is 48.6 Å². The van der Waals surface area contributed by atoms with Crippen LogP contribution in [0.1, 0.15) is 44.2 Å². The number of aliphatic carboxylic acids is 1. The average molecular weight is 532 g/mol. The number of nitrogens with zero attached hydrogens (tertiary/aromatic N) is 1. The molecule has 0 saturated carbocycles. The maximum absolute atomic E-state index is 12.1. The van der Waals surface area contributed by atoms with E-state index in [0.717, 1.165) is 71.5 Å². The molecule has 3 heterocycles. The molecule has 1 saturated heterocycles. The van der Waals surface area contributed by atoms with E-state index in [9.17, 15) is 9.59 Å². The maximum atomic E-state index is 12.1. The number of rotatable bonds is 6. The molecule has 2 aromatic carbocycles. The largest absolute Gasteiger partial charge is 0.478 e. The molecule has 39 heavy (non-hydrogen) atoms. The summed E-state index contributed by atoms with van der Waals surface area (Å²) in [6.45, 7) is 6.13. The van der Waals surface area contributed by atoms with Gasteiger partial charge in [-0.15, -0.1) is 0 Å². The summed E-state index contributed by atoms with van der Waals surface area (Å²) in [7, 11) is 0. The van der Waals surface area contributed by atoms with E-state index in [0.29, 0.717) is 5.75 Å². The zero-order valence-corrected chi connectivity index (χ0v) is 22.2. The number of allylic oxidation sites excluding steroid dienone is 4. The summed E-state index contributed by atoms with van der Waals surface area (Å²) in [5.41, 5.74) is 3.87. The van der Waals surface area contributed by atoms with Gasteiger partial charge in [-0.3, -0.25) is 4.79 Å². The number of ether oxygens (including phenoxy) is 4. The van der Waals surface area contributed by atoms with Gasteiger partial charge in [0.25, 0.3) is 0 Å². The molecule has 3 aliphatic heterocycles. The van der Waals surface area contributed by atoms with Gasteiger partial charge in [-0.05, 0) is 68.5 Å². The number of benzene rings is 2. The van der Waals surface area contributed by atoms with E-state index >= 15 is 0 Å². The van der Waals surface area contributed by atoms with Crippen LogP contribution in [0.4, 0.5) is 0 Å². The Bertz CT molecular complexity index is 1320. The maximum Gasteiger partial charge on any atom is 0.328 e. The normalized spacial score (nSPS) is 16.4. The van der Waals surface area contributed by atoms with Crippen molar-refractivity contribution in [2.24, 2.45) is 0 Å². The molecule has 0 aromatic heterocycles. The van der Waals surface area contributed by atoms with E-state index in [1.807, 2.05) is 73.4 Å². The van der Waals surface area contributed by atoms with Crippen LogP contribution in [-0.2, 0) is 9.59 Å². The Labute approximate surface area is 228 Å². The molecule has 3 aliphatic rings. The van der Waals surface area contributed by atoms with Gasteiger partial charge in [-0.1, -0.05) is 47.6 Å². The van der Waals surface area contributed by atoms with E-state index in [-0.39, 0.29) is 19.5 Å². The van der Waals surface area contributed by atoms with E-state index in [1.165, 1.54) is 6.42 Å².